The molecule has 0 bridgehead atoms. The van der Waals surface area contributed by atoms with E-state index in [2.05, 4.69) is 45.1 Å². The highest BCUT2D eigenvalue weighted by atomic mass is 16.2. The standard InChI is InChI=1S/C23H30N6O2/c1-2-25-23(28-19-12-13-29(16-19)20-6-4-3-5-7-20)27-14-17-8-10-18(11-9-17)22(31)26-15-21(24)30/h3-11,19H,2,12-16H2,1H3,(H2,24,30)(H,26,31)(H2,25,27,28). The molecule has 8 heteroatoms. The molecular formula is C23H30N6O2. The Morgan fingerprint density at radius 3 is 2.52 bits per heavy atom. The lowest BCUT2D eigenvalue weighted by Gasteiger charge is -2.20. The molecule has 1 atom stereocenters. The third-order valence-electron chi connectivity index (χ3n) is 5.05. The van der Waals surface area contributed by atoms with Gasteiger partial charge in [0.1, 0.15) is 0 Å². The van der Waals surface area contributed by atoms with Crippen molar-refractivity contribution in [2.75, 3.05) is 31.1 Å². The van der Waals surface area contributed by atoms with Crippen LogP contribution in [0.3, 0.4) is 0 Å². The van der Waals surface area contributed by atoms with Gasteiger partial charge < -0.3 is 26.6 Å². The van der Waals surface area contributed by atoms with Crippen LogP contribution in [0.4, 0.5) is 5.69 Å². The number of nitrogens with two attached hydrogens (primary N) is 1. The summed E-state index contributed by atoms with van der Waals surface area (Å²) in [6.07, 6.45) is 1.05. The first-order valence-electron chi connectivity index (χ1n) is 10.6. The van der Waals surface area contributed by atoms with Crippen LogP contribution in [0.15, 0.2) is 59.6 Å². The van der Waals surface area contributed by atoms with E-state index < -0.39 is 5.91 Å². The highest BCUT2D eigenvalue weighted by Crippen LogP contribution is 2.19. The fraction of sp³-hybridized carbons (Fsp3) is 0.348. The van der Waals surface area contributed by atoms with Crippen molar-refractivity contribution in [3.8, 4) is 0 Å². The van der Waals surface area contributed by atoms with E-state index >= 15 is 0 Å². The molecular weight excluding hydrogens is 392 g/mol. The van der Waals surface area contributed by atoms with Crippen LogP contribution in [0.25, 0.3) is 0 Å². The van der Waals surface area contributed by atoms with E-state index in [4.69, 9.17) is 10.7 Å². The van der Waals surface area contributed by atoms with Gasteiger partial charge in [-0.3, -0.25) is 9.59 Å². The maximum atomic E-state index is 12.0. The topological polar surface area (TPSA) is 112 Å². The number of aliphatic imine (C=N–C) groups is 1. The van der Waals surface area contributed by atoms with Crippen LogP contribution in [-0.2, 0) is 11.3 Å². The van der Waals surface area contributed by atoms with Gasteiger partial charge in [-0.05, 0) is 43.2 Å². The smallest absolute Gasteiger partial charge is 0.251 e. The van der Waals surface area contributed by atoms with E-state index in [1.165, 1.54) is 5.69 Å². The number of benzene rings is 2. The SMILES string of the molecule is CCNC(=NCc1ccc(C(=O)NCC(N)=O)cc1)NC1CCN(c2ccccc2)C1. The molecule has 3 rings (SSSR count). The van der Waals surface area contributed by atoms with Crippen LogP contribution in [0.5, 0.6) is 0 Å². The van der Waals surface area contributed by atoms with Crippen LogP contribution in [0.2, 0.25) is 0 Å². The number of para-hydroxylation sites is 1. The Labute approximate surface area is 182 Å². The first kappa shape index (κ1) is 22.1. The summed E-state index contributed by atoms with van der Waals surface area (Å²) in [6, 6.07) is 17.9. The summed E-state index contributed by atoms with van der Waals surface area (Å²) in [7, 11) is 0. The molecule has 0 radical (unpaired) electrons. The number of carbonyl (C=O) groups excluding carboxylic acids is 2. The lowest BCUT2D eigenvalue weighted by molar-refractivity contribution is -0.117. The average Bonchev–Trinajstić information content (AvgIpc) is 3.25. The number of guanidine groups is 1. The number of hydrogen-bond acceptors (Lipinski definition) is 4. The molecule has 1 unspecified atom stereocenters. The third kappa shape index (κ3) is 6.74. The Morgan fingerprint density at radius 1 is 1.10 bits per heavy atom. The zero-order valence-corrected chi connectivity index (χ0v) is 17.8. The molecule has 1 saturated heterocycles. The molecule has 5 N–H and O–H groups in total. The third-order valence-corrected chi connectivity index (χ3v) is 5.05. The first-order chi connectivity index (χ1) is 15.0. The number of anilines is 1. The number of hydrogen-bond donors (Lipinski definition) is 4. The molecule has 1 heterocycles. The van der Waals surface area contributed by atoms with Crippen LogP contribution in [-0.4, -0.2) is 50.0 Å². The van der Waals surface area contributed by atoms with Crippen LogP contribution < -0.4 is 26.6 Å². The van der Waals surface area contributed by atoms with Crippen molar-refractivity contribution >= 4 is 23.5 Å². The fourth-order valence-electron chi connectivity index (χ4n) is 3.47. The number of amides is 2. The lowest BCUT2D eigenvalue weighted by atomic mass is 10.1. The van der Waals surface area contributed by atoms with Crippen molar-refractivity contribution in [1.82, 2.24) is 16.0 Å². The van der Waals surface area contributed by atoms with Crippen molar-refractivity contribution < 1.29 is 9.59 Å². The Bertz CT molecular complexity index is 898. The molecule has 31 heavy (non-hydrogen) atoms. The highest BCUT2D eigenvalue weighted by molar-refractivity contribution is 5.96. The molecule has 1 aliphatic rings. The van der Waals surface area contributed by atoms with Crippen LogP contribution >= 0.6 is 0 Å². The van der Waals surface area contributed by atoms with E-state index in [1.54, 1.807) is 12.1 Å². The molecule has 2 aromatic carbocycles. The Balaban J connectivity index is 1.55. The molecule has 1 fully saturated rings. The summed E-state index contributed by atoms with van der Waals surface area (Å²) in [5.74, 6) is -0.115. The average molecular weight is 423 g/mol. The molecule has 0 spiro atoms. The maximum Gasteiger partial charge on any atom is 0.251 e. The number of carbonyl (C=O) groups is 2. The molecule has 2 amide bonds. The fourth-order valence-corrected chi connectivity index (χ4v) is 3.47. The van der Waals surface area contributed by atoms with Crippen molar-refractivity contribution in [2.45, 2.75) is 25.9 Å². The summed E-state index contributed by atoms with van der Waals surface area (Å²) in [4.78, 5) is 29.8. The van der Waals surface area contributed by atoms with Crippen molar-refractivity contribution in [2.24, 2.45) is 10.7 Å². The zero-order chi connectivity index (χ0) is 22.1. The van der Waals surface area contributed by atoms with Gasteiger partial charge in [0.2, 0.25) is 5.91 Å². The molecule has 0 saturated carbocycles. The number of nitrogens with one attached hydrogen (secondary N) is 3. The van der Waals surface area contributed by atoms with Gasteiger partial charge in [-0.25, -0.2) is 4.99 Å². The van der Waals surface area contributed by atoms with Gasteiger partial charge in [-0.15, -0.1) is 0 Å². The summed E-state index contributed by atoms with van der Waals surface area (Å²) < 4.78 is 0. The zero-order valence-electron chi connectivity index (χ0n) is 17.8. The Hall–Kier alpha value is -3.55. The second-order valence-electron chi connectivity index (χ2n) is 7.45. The molecule has 164 valence electrons. The summed E-state index contributed by atoms with van der Waals surface area (Å²) in [6.45, 7) is 5.09. The highest BCUT2D eigenvalue weighted by Gasteiger charge is 2.23. The van der Waals surface area contributed by atoms with E-state index in [0.29, 0.717) is 18.2 Å². The van der Waals surface area contributed by atoms with Gasteiger partial charge in [-0.2, -0.15) is 0 Å². The number of nitrogens with zero attached hydrogens (tertiary/aromatic N) is 2. The number of primary amides is 1. The van der Waals surface area contributed by atoms with E-state index in [-0.39, 0.29) is 12.5 Å². The second-order valence-corrected chi connectivity index (χ2v) is 7.45. The summed E-state index contributed by atoms with van der Waals surface area (Å²) in [5, 5.41) is 9.31. The van der Waals surface area contributed by atoms with Gasteiger partial charge in [0, 0.05) is 36.9 Å². The van der Waals surface area contributed by atoms with Gasteiger partial charge in [0.25, 0.3) is 5.91 Å². The van der Waals surface area contributed by atoms with Crippen molar-refractivity contribution in [3.05, 3.63) is 65.7 Å². The van der Waals surface area contributed by atoms with Crippen LogP contribution in [0, 0.1) is 0 Å². The molecule has 2 aromatic rings. The van der Waals surface area contributed by atoms with Crippen molar-refractivity contribution in [3.63, 3.8) is 0 Å². The quantitative estimate of drug-likeness (QED) is 0.378. The monoisotopic (exact) mass is 422 g/mol. The van der Waals surface area contributed by atoms with Gasteiger partial charge in [0.05, 0.1) is 13.1 Å². The van der Waals surface area contributed by atoms with E-state index in [9.17, 15) is 9.59 Å². The van der Waals surface area contributed by atoms with Gasteiger partial charge in [0.15, 0.2) is 5.96 Å². The van der Waals surface area contributed by atoms with Gasteiger partial charge >= 0.3 is 0 Å². The first-order valence-corrected chi connectivity index (χ1v) is 10.6. The minimum atomic E-state index is -0.572. The summed E-state index contributed by atoms with van der Waals surface area (Å²) in [5.41, 5.74) is 7.76. The number of rotatable bonds is 8. The molecule has 0 aromatic heterocycles. The van der Waals surface area contributed by atoms with E-state index in [0.717, 1.165) is 37.6 Å². The van der Waals surface area contributed by atoms with Gasteiger partial charge in [-0.1, -0.05) is 30.3 Å². The normalized spacial score (nSPS) is 16.1. The minimum Gasteiger partial charge on any atom is -0.369 e. The predicted octanol–water partition coefficient (Wildman–Crippen LogP) is 1.24. The Kier molecular flexibility index (Phi) is 7.86. The Morgan fingerprint density at radius 2 is 1.84 bits per heavy atom. The van der Waals surface area contributed by atoms with E-state index in [1.807, 2.05) is 25.1 Å². The summed E-state index contributed by atoms with van der Waals surface area (Å²) >= 11 is 0. The van der Waals surface area contributed by atoms with Crippen molar-refractivity contribution in [1.29, 1.82) is 0 Å². The second kappa shape index (κ2) is 11.0. The minimum absolute atomic E-state index is 0.175. The maximum absolute atomic E-state index is 12.0. The molecule has 0 aliphatic carbocycles. The largest absolute Gasteiger partial charge is 0.369 e. The predicted molar refractivity (Wildman–Crippen MR) is 123 cm³/mol. The molecule has 1 aliphatic heterocycles. The van der Waals surface area contributed by atoms with Crippen LogP contribution in [0.1, 0.15) is 29.3 Å². The molecule has 8 nitrogen and oxygen atoms in total. The lowest BCUT2D eigenvalue weighted by Crippen LogP contribution is -2.44.